The van der Waals surface area contributed by atoms with E-state index in [1.165, 1.54) is 0 Å². The molecule has 2 saturated heterocycles. The fourth-order valence-electron chi connectivity index (χ4n) is 6.29. The molecule has 0 spiro atoms. The van der Waals surface area contributed by atoms with Crippen molar-refractivity contribution in [1.29, 1.82) is 0 Å². The summed E-state index contributed by atoms with van der Waals surface area (Å²) >= 11 is 0. The Morgan fingerprint density at radius 2 is 1.06 bits per heavy atom. The van der Waals surface area contributed by atoms with Crippen molar-refractivity contribution in [2.24, 2.45) is 0 Å². The lowest BCUT2D eigenvalue weighted by Gasteiger charge is -2.24. The van der Waals surface area contributed by atoms with E-state index < -0.39 is 12.1 Å². The van der Waals surface area contributed by atoms with Crippen molar-refractivity contribution >= 4 is 35.0 Å². The maximum Gasteiger partial charge on any atom is 0.254 e. The van der Waals surface area contributed by atoms with E-state index in [4.69, 9.17) is 4.42 Å². The smallest absolute Gasteiger partial charge is 0.254 e. The van der Waals surface area contributed by atoms with E-state index >= 15 is 0 Å². The number of pyridine rings is 2. The standard InChI is InChI=1S/C37H33N7O5/c45-33(30-3-1-21-43(30)36(47)26-13-17-38-18-14-26)41-28-9-5-24(6-10-28)32-23-40-35(49-32)25-7-11-29(12-8-25)42-34(46)31-4-2-22-44(31)37(48)27-15-19-39-20-16-27/h5-20,23,30-31H,1-4,21-22H2,(H,41,45)(H,42,46)/t30-,31-/m0/s1. The Balaban J connectivity index is 0.952. The van der Waals surface area contributed by atoms with E-state index in [9.17, 15) is 19.2 Å². The Morgan fingerprint density at radius 3 is 1.53 bits per heavy atom. The number of anilines is 2. The van der Waals surface area contributed by atoms with E-state index in [-0.39, 0.29) is 23.6 Å². The maximum absolute atomic E-state index is 13.1. The minimum Gasteiger partial charge on any atom is -0.436 e. The predicted octanol–water partition coefficient (Wildman–Crippen LogP) is 5.29. The van der Waals surface area contributed by atoms with Crippen LogP contribution in [0.4, 0.5) is 11.4 Å². The summed E-state index contributed by atoms with van der Waals surface area (Å²) in [6, 6.07) is 19.9. The van der Waals surface area contributed by atoms with Gasteiger partial charge in [0.1, 0.15) is 12.1 Å². The molecule has 2 aromatic carbocycles. The van der Waals surface area contributed by atoms with Gasteiger partial charge in [0.15, 0.2) is 5.76 Å². The molecule has 5 aromatic rings. The van der Waals surface area contributed by atoms with Crippen molar-refractivity contribution in [1.82, 2.24) is 24.8 Å². The zero-order valence-corrected chi connectivity index (χ0v) is 26.5. The Hall–Kier alpha value is -6.17. The Kier molecular flexibility index (Phi) is 8.92. The number of carbonyl (C=O) groups excluding carboxylic acids is 4. The molecule has 0 saturated carbocycles. The van der Waals surface area contributed by atoms with Gasteiger partial charge in [0, 0.05) is 71.5 Å². The molecule has 49 heavy (non-hydrogen) atoms. The highest BCUT2D eigenvalue weighted by atomic mass is 16.4. The van der Waals surface area contributed by atoms with Crippen LogP contribution in [0.3, 0.4) is 0 Å². The fraction of sp³-hybridized carbons (Fsp3) is 0.216. The molecule has 5 heterocycles. The molecule has 2 atom stereocenters. The first kappa shape index (κ1) is 31.4. The molecule has 0 unspecified atom stereocenters. The van der Waals surface area contributed by atoms with E-state index in [1.54, 1.807) is 89.3 Å². The van der Waals surface area contributed by atoms with Gasteiger partial charge in [-0.05, 0) is 98.5 Å². The number of likely N-dealkylation sites (tertiary alicyclic amines) is 2. The molecule has 12 heteroatoms. The molecule has 0 bridgehead atoms. The van der Waals surface area contributed by atoms with Crippen LogP contribution < -0.4 is 10.6 Å². The number of nitrogens with one attached hydrogen (secondary N) is 2. The van der Waals surface area contributed by atoms with Crippen LogP contribution in [0.15, 0.2) is 108 Å². The highest BCUT2D eigenvalue weighted by Crippen LogP contribution is 2.29. The fourth-order valence-corrected chi connectivity index (χ4v) is 6.29. The SMILES string of the molecule is O=C(Nc1ccc(-c2cnc(-c3ccc(NC(=O)[C@@H]4CCCN4C(=O)c4ccncc4)cc3)o2)cc1)[C@@H]1CCCN1C(=O)c1ccncc1. The molecule has 0 radical (unpaired) electrons. The third kappa shape index (κ3) is 6.79. The molecular weight excluding hydrogens is 622 g/mol. The summed E-state index contributed by atoms with van der Waals surface area (Å²) in [6.45, 7) is 1.05. The number of aromatic nitrogens is 3. The number of rotatable bonds is 8. The topological polar surface area (TPSA) is 151 Å². The van der Waals surface area contributed by atoms with Gasteiger partial charge < -0.3 is 24.9 Å². The number of nitrogens with zero attached hydrogens (tertiary/aromatic N) is 5. The van der Waals surface area contributed by atoms with E-state index in [0.717, 1.165) is 24.0 Å². The van der Waals surface area contributed by atoms with Crippen molar-refractivity contribution in [2.75, 3.05) is 23.7 Å². The lowest BCUT2D eigenvalue weighted by Crippen LogP contribution is -2.43. The van der Waals surface area contributed by atoms with Gasteiger partial charge in [0.25, 0.3) is 11.8 Å². The molecular formula is C37H33N7O5. The van der Waals surface area contributed by atoms with Crippen LogP contribution in [0.25, 0.3) is 22.8 Å². The van der Waals surface area contributed by atoms with Crippen LogP contribution in [-0.2, 0) is 9.59 Å². The number of hydrogen-bond donors (Lipinski definition) is 2. The minimum atomic E-state index is -0.548. The molecule has 3 aromatic heterocycles. The monoisotopic (exact) mass is 655 g/mol. The Morgan fingerprint density at radius 1 is 0.612 bits per heavy atom. The predicted molar refractivity (Wildman–Crippen MR) is 181 cm³/mol. The van der Waals surface area contributed by atoms with E-state index in [1.807, 2.05) is 24.3 Å². The summed E-state index contributed by atoms with van der Waals surface area (Å²) in [7, 11) is 0. The average molecular weight is 656 g/mol. The van der Waals surface area contributed by atoms with Gasteiger partial charge in [-0.2, -0.15) is 0 Å². The normalized spacial score (nSPS) is 17.1. The van der Waals surface area contributed by atoms with Crippen LogP contribution in [0.1, 0.15) is 46.4 Å². The first-order valence-corrected chi connectivity index (χ1v) is 16.1. The van der Waals surface area contributed by atoms with Crippen molar-refractivity contribution in [3.8, 4) is 22.8 Å². The lowest BCUT2D eigenvalue weighted by molar-refractivity contribution is -0.120. The van der Waals surface area contributed by atoms with Gasteiger partial charge in [-0.3, -0.25) is 29.1 Å². The third-order valence-electron chi connectivity index (χ3n) is 8.83. The third-order valence-corrected chi connectivity index (χ3v) is 8.83. The zero-order chi connectivity index (χ0) is 33.7. The van der Waals surface area contributed by atoms with E-state index in [2.05, 4.69) is 25.6 Å². The molecule has 4 amide bonds. The number of carbonyl (C=O) groups is 4. The zero-order valence-electron chi connectivity index (χ0n) is 26.5. The van der Waals surface area contributed by atoms with Gasteiger partial charge in [0.2, 0.25) is 17.7 Å². The first-order chi connectivity index (χ1) is 23.9. The lowest BCUT2D eigenvalue weighted by atomic mass is 10.1. The van der Waals surface area contributed by atoms with Crippen molar-refractivity contribution in [3.05, 3.63) is 115 Å². The second kappa shape index (κ2) is 13.9. The van der Waals surface area contributed by atoms with Crippen LogP contribution in [-0.4, -0.2) is 73.6 Å². The van der Waals surface area contributed by atoms with Gasteiger partial charge in [-0.1, -0.05) is 0 Å². The Bertz CT molecular complexity index is 1820. The van der Waals surface area contributed by atoms with Crippen molar-refractivity contribution in [3.63, 3.8) is 0 Å². The van der Waals surface area contributed by atoms with Crippen molar-refractivity contribution < 1.29 is 23.6 Å². The molecule has 2 fully saturated rings. The summed E-state index contributed by atoms with van der Waals surface area (Å²) in [5.74, 6) is 0.144. The number of amides is 4. The van der Waals surface area contributed by atoms with E-state index in [0.29, 0.717) is 60.1 Å². The number of oxazole rings is 1. The van der Waals surface area contributed by atoms with Crippen molar-refractivity contribution in [2.45, 2.75) is 37.8 Å². The van der Waals surface area contributed by atoms with Gasteiger partial charge >= 0.3 is 0 Å². The second-order valence-electron chi connectivity index (χ2n) is 11.9. The second-order valence-corrected chi connectivity index (χ2v) is 11.9. The Labute approximate surface area is 282 Å². The van der Waals surface area contributed by atoms with Crippen LogP contribution in [0, 0.1) is 0 Å². The van der Waals surface area contributed by atoms with Gasteiger partial charge in [-0.25, -0.2) is 4.98 Å². The van der Waals surface area contributed by atoms with Crippen LogP contribution >= 0.6 is 0 Å². The largest absolute Gasteiger partial charge is 0.436 e. The van der Waals surface area contributed by atoms with Crippen LogP contribution in [0.2, 0.25) is 0 Å². The van der Waals surface area contributed by atoms with Crippen LogP contribution in [0.5, 0.6) is 0 Å². The van der Waals surface area contributed by atoms with Gasteiger partial charge in [-0.15, -0.1) is 0 Å². The summed E-state index contributed by atoms with van der Waals surface area (Å²) in [5, 5.41) is 5.87. The average Bonchev–Trinajstić information content (AvgIpc) is 3.94. The highest BCUT2D eigenvalue weighted by molar-refractivity contribution is 6.02. The summed E-state index contributed by atoms with van der Waals surface area (Å²) < 4.78 is 6.04. The quantitative estimate of drug-likeness (QED) is 0.229. The summed E-state index contributed by atoms with van der Waals surface area (Å²) in [5.41, 5.74) is 3.73. The molecule has 2 aliphatic heterocycles. The minimum absolute atomic E-state index is 0.179. The molecule has 0 aliphatic carbocycles. The summed E-state index contributed by atoms with van der Waals surface area (Å²) in [6.07, 6.45) is 10.6. The first-order valence-electron chi connectivity index (χ1n) is 16.1. The number of benzene rings is 2. The molecule has 7 rings (SSSR count). The highest BCUT2D eigenvalue weighted by Gasteiger charge is 2.35. The van der Waals surface area contributed by atoms with Gasteiger partial charge in [0.05, 0.1) is 6.20 Å². The molecule has 12 nitrogen and oxygen atoms in total. The summed E-state index contributed by atoms with van der Waals surface area (Å²) in [4.78, 5) is 67.8. The molecule has 2 aliphatic rings. The molecule has 2 N–H and O–H groups in total. The maximum atomic E-state index is 13.1. The molecule has 246 valence electrons. The number of hydrogen-bond acceptors (Lipinski definition) is 8.